The fourth-order valence-corrected chi connectivity index (χ4v) is 1.57. The first kappa shape index (κ1) is 12.1. The van der Waals surface area contributed by atoms with Crippen molar-refractivity contribution in [2.24, 2.45) is 0 Å². The van der Waals surface area contributed by atoms with Gasteiger partial charge in [-0.25, -0.2) is 4.98 Å². The Morgan fingerprint density at radius 3 is 2.83 bits per heavy atom. The molecule has 0 aliphatic carbocycles. The summed E-state index contributed by atoms with van der Waals surface area (Å²) in [4.78, 5) is 14.3. The Kier molecular flexibility index (Phi) is 3.27. The highest BCUT2D eigenvalue weighted by atomic mass is 16.6. The van der Waals surface area contributed by atoms with Crippen molar-refractivity contribution in [3.8, 4) is 0 Å². The molecule has 6 nitrogen and oxygen atoms in total. The second-order valence-electron chi connectivity index (χ2n) is 3.97. The van der Waals surface area contributed by atoms with E-state index in [1.165, 1.54) is 12.1 Å². The summed E-state index contributed by atoms with van der Waals surface area (Å²) in [5.74, 6) is 1.29. The molecule has 0 radical (unpaired) electrons. The smallest absolute Gasteiger partial charge is 0.271 e. The number of aryl methyl sites for hydroxylation is 2. The first-order valence-electron chi connectivity index (χ1n) is 5.46. The molecule has 0 unspecified atom stereocenters. The minimum absolute atomic E-state index is 0.0617. The number of benzene rings is 1. The quantitative estimate of drug-likeness (QED) is 0.663. The highest BCUT2D eigenvalue weighted by Gasteiger charge is 2.09. The molecule has 1 heterocycles. The summed E-state index contributed by atoms with van der Waals surface area (Å²) in [5, 5.41) is 13.8. The van der Waals surface area contributed by atoms with Gasteiger partial charge >= 0.3 is 0 Å². The van der Waals surface area contributed by atoms with Crippen molar-refractivity contribution in [1.29, 1.82) is 0 Å². The van der Waals surface area contributed by atoms with Gasteiger partial charge in [0.15, 0.2) is 0 Å². The number of non-ortho nitro benzene ring substituents is 1. The normalized spacial score (nSPS) is 10.3. The minimum atomic E-state index is -0.417. The van der Waals surface area contributed by atoms with Crippen molar-refractivity contribution in [3.63, 3.8) is 0 Å². The molecule has 0 spiro atoms. The van der Waals surface area contributed by atoms with Gasteiger partial charge in [0.2, 0.25) is 5.89 Å². The summed E-state index contributed by atoms with van der Waals surface area (Å²) in [5.41, 5.74) is 1.70. The second kappa shape index (κ2) is 4.87. The third-order valence-electron chi connectivity index (χ3n) is 2.53. The Balaban J connectivity index is 2.13. The molecule has 2 rings (SSSR count). The molecule has 0 aliphatic heterocycles. The number of nitrogens with zero attached hydrogens (tertiary/aromatic N) is 2. The monoisotopic (exact) mass is 247 g/mol. The molecule has 1 aromatic carbocycles. The standard InChI is InChI=1S/C12H13N3O3/c1-8-3-4-10(15(16)17)5-11(8)13-7-12-14-6-9(2)18-12/h3-6,13H,7H2,1-2H3. The highest BCUT2D eigenvalue weighted by Crippen LogP contribution is 2.22. The predicted molar refractivity (Wildman–Crippen MR) is 66.4 cm³/mol. The van der Waals surface area contributed by atoms with Gasteiger partial charge in [0.05, 0.1) is 17.7 Å². The van der Waals surface area contributed by atoms with Gasteiger partial charge in [0.25, 0.3) is 5.69 Å². The Hall–Kier alpha value is -2.37. The lowest BCUT2D eigenvalue weighted by Gasteiger charge is -2.07. The zero-order valence-electron chi connectivity index (χ0n) is 10.1. The number of nitro benzene ring substituents is 1. The number of anilines is 1. The Labute approximate surface area is 104 Å². The van der Waals surface area contributed by atoms with Crippen LogP contribution in [-0.2, 0) is 6.54 Å². The van der Waals surface area contributed by atoms with Crippen LogP contribution in [0, 0.1) is 24.0 Å². The lowest BCUT2D eigenvalue weighted by molar-refractivity contribution is -0.384. The summed E-state index contributed by atoms with van der Waals surface area (Å²) < 4.78 is 5.32. The highest BCUT2D eigenvalue weighted by molar-refractivity contribution is 5.56. The summed E-state index contributed by atoms with van der Waals surface area (Å²) in [6.45, 7) is 4.10. The van der Waals surface area contributed by atoms with Crippen molar-refractivity contribution < 1.29 is 9.34 Å². The lowest BCUT2D eigenvalue weighted by Crippen LogP contribution is -2.02. The van der Waals surface area contributed by atoms with Crippen LogP contribution in [0.15, 0.2) is 28.8 Å². The third kappa shape index (κ3) is 2.65. The molecule has 0 bridgehead atoms. The number of hydrogen-bond acceptors (Lipinski definition) is 5. The summed E-state index contributed by atoms with van der Waals surface area (Å²) >= 11 is 0. The van der Waals surface area contributed by atoms with Gasteiger partial charge in [0, 0.05) is 17.8 Å². The molecule has 0 amide bonds. The second-order valence-corrected chi connectivity index (χ2v) is 3.97. The molecule has 0 fully saturated rings. The molecule has 94 valence electrons. The van der Waals surface area contributed by atoms with E-state index in [0.29, 0.717) is 18.1 Å². The number of hydrogen-bond donors (Lipinski definition) is 1. The number of aromatic nitrogens is 1. The molecule has 18 heavy (non-hydrogen) atoms. The van der Waals surface area contributed by atoms with Gasteiger partial charge in [-0.2, -0.15) is 0 Å². The fourth-order valence-electron chi connectivity index (χ4n) is 1.57. The molecule has 1 aromatic heterocycles. The van der Waals surface area contributed by atoms with Gasteiger partial charge in [0.1, 0.15) is 5.76 Å². The summed E-state index contributed by atoms with van der Waals surface area (Å²) in [6.07, 6.45) is 1.64. The van der Waals surface area contributed by atoms with Gasteiger partial charge in [-0.05, 0) is 19.4 Å². The van der Waals surface area contributed by atoms with Gasteiger partial charge < -0.3 is 9.73 Å². The number of oxazole rings is 1. The maximum absolute atomic E-state index is 10.7. The average molecular weight is 247 g/mol. The molecule has 0 saturated heterocycles. The van der Waals surface area contributed by atoms with E-state index >= 15 is 0 Å². The van der Waals surface area contributed by atoms with E-state index in [1.54, 1.807) is 12.3 Å². The van der Waals surface area contributed by atoms with Crippen LogP contribution >= 0.6 is 0 Å². The van der Waals surface area contributed by atoms with Crippen LogP contribution in [0.3, 0.4) is 0 Å². The van der Waals surface area contributed by atoms with Crippen molar-refractivity contribution in [2.45, 2.75) is 20.4 Å². The van der Waals surface area contributed by atoms with Crippen LogP contribution in [0.4, 0.5) is 11.4 Å². The Morgan fingerprint density at radius 2 is 2.22 bits per heavy atom. The topological polar surface area (TPSA) is 81.2 Å². The molecule has 0 aliphatic rings. The molecular formula is C12H13N3O3. The van der Waals surface area contributed by atoms with E-state index in [1.807, 2.05) is 13.8 Å². The van der Waals surface area contributed by atoms with Gasteiger partial charge in [-0.15, -0.1) is 0 Å². The lowest BCUT2D eigenvalue weighted by atomic mass is 10.2. The fraction of sp³-hybridized carbons (Fsp3) is 0.250. The van der Waals surface area contributed by atoms with Crippen LogP contribution in [0.5, 0.6) is 0 Å². The van der Waals surface area contributed by atoms with E-state index < -0.39 is 4.92 Å². The maximum atomic E-state index is 10.7. The predicted octanol–water partition coefficient (Wildman–Crippen LogP) is 2.81. The maximum Gasteiger partial charge on any atom is 0.271 e. The van der Waals surface area contributed by atoms with Crippen LogP contribution in [-0.4, -0.2) is 9.91 Å². The van der Waals surface area contributed by atoms with E-state index in [-0.39, 0.29) is 5.69 Å². The molecule has 6 heteroatoms. The van der Waals surface area contributed by atoms with Crippen molar-refractivity contribution in [3.05, 3.63) is 51.7 Å². The summed E-state index contributed by atoms with van der Waals surface area (Å²) in [7, 11) is 0. The Morgan fingerprint density at radius 1 is 1.44 bits per heavy atom. The van der Waals surface area contributed by atoms with Gasteiger partial charge in [-0.1, -0.05) is 6.07 Å². The molecule has 0 saturated carbocycles. The van der Waals surface area contributed by atoms with Crippen LogP contribution in [0.25, 0.3) is 0 Å². The molecule has 0 atom stereocenters. The number of rotatable bonds is 4. The zero-order chi connectivity index (χ0) is 13.1. The molecule has 2 aromatic rings. The van der Waals surface area contributed by atoms with Crippen molar-refractivity contribution in [2.75, 3.05) is 5.32 Å². The number of nitrogens with one attached hydrogen (secondary N) is 1. The van der Waals surface area contributed by atoms with Crippen LogP contribution in [0.1, 0.15) is 17.2 Å². The van der Waals surface area contributed by atoms with Gasteiger partial charge in [-0.3, -0.25) is 10.1 Å². The third-order valence-corrected chi connectivity index (χ3v) is 2.53. The van der Waals surface area contributed by atoms with Crippen molar-refractivity contribution >= 4 is 11.4 Å². The SMILES string of the molecule is Cc1cnc(CNc2cc([N+](=O)[O-])ccc2C)o1. The summed E-state index contributed by atoms with van der Waals surface area (Å²) in [6, 6.07) is 4.70. The largest absolute Gasteiger partial charge is 0.444 e. The van der Waals surface area contributed by atoms with Crippen LogP contribution < -0.4 is 5.32 Å². The average Bonchev–Trinajstić information content (AvgIpc) is 2.74. The first-order valence-corrected chi connectivity index (χ1v) is 5.46. The van der Waals surface area contributed by atoms with E-state index in [2.05, 4.69) is 10.3 Å². The first-order chi connectivity index (χ1) is 8.56. The van der Waals surface area contributed by atoms with E-state index in [0.717, 1.165) is 11.3 Å². The minimum Gasteiger partial charge on any atom is -0.444 e. The number of nitro groups is 1. The van der Waals surface area contributed by atoms with Crippen molar-refractivity contribution in [1.82, 2.24) is 4.98 Å². The van der Waals surface area contributed by atoms with Crippen LogP contribution in [0.2, 0.25) is 0 Å². The molecular weight excluding hydrogens is 234 g/mol. The Bertz CT molecular complexity index is 578. The van der Waals surface area contributed by atoms with E-state index in [9.17, 15) is 10.1 Å². The molecule has 1 N–H and O–H groups in total. The zero-order valence-corrected chi connectivity index (χ0v) is 10.1. The van der Waals surface area contributed by atoms with E-state index in [4.69, 9.17) is 4.42 Å².